The number of amides is 1. The first kappa shape index (κ1) is 15.8. The van der Waals surface area contributed by atoms with Crippen molar-refractivity contribution in [3.63, 3.8) is 0 Å². The number of hydrogen-bond acceptors (Lipinski definition) is 2. The molecule has 1 fully saturated rings. The van der Waals surface area contributed by atoms with Crippen molar-refractivity contribution in [2.45, 2.75) is 32.6 Å². The molecule has 1 aromatic carbocycles. The van der Waals surface area contributed by atoms with Gasteiger partial charge in [-0.25, -0.2) is 0 Å². The monoisotopic (exact) mass is 309 g/mol. The van der Waals surface area contributed by atoms with Crippen molar-refractivity contribution in [3.05, 3.63) is 34.9 Å². The molecule has 0 radical (unpaired) electrons. The third kappa shape index (κ3) is 3.56. The fourth-order valence-corrected chi connectivity index (χ4v) is 2.99. The fraction of sp³-hybridized carbons (Fsp3) is 0.500. The quantitative estimate of drug-likeness (QED) is 0.896. The second kappa shape index (κ2) is 6.48. The maximum atomic E-state index is 12.1. The Hall–Kier alpha value is -1.55. The van der Waals surface area contributed by atoms with E-state index in [9.17, 15) is 14.7 Å². The van der Waals surface area contributed by atoms with Gasteiger partial charge >= 0.3 is 5.97 Å². The van der Waals surface area contributed by atoms with E-state index < -0.39 is 11.4 Å². The van der Waals surface area contributed by atoms with E-state index in [1.165, 1.54) is 0 Å². The Labute approximate surface area is 129 Å². The first-order valence-corrected chi connectivity index (χ1v) is 7.58. The zero-order valence-corrected chi connectivity index (χ0v) is 12.8. The second-order valence-corrected chi connectivity index (χ2v) is 6.34. The first-order chi connectivity index (χ1) is 9.94. The van der Waals surface area contributed by atoms with Crippen LogP contribution in [0.2, 0.25) is 5.02 Å². The van der Waals surface area contributed by atoms with Crippen molar-refractivity contribution in [3.8, 4) is 0 Å². The molecule has 1 saturated carbocycles. The van der Waals surface area contributed by atoms with Crippen molar-refractivity contribution >= 4 is 23.5 Å². The molecule has 0 spiro atoms. The lowest BCUT2D eigenvalue weighted by Crippen LogP contribution is -2.45. The van der Waals surface area contributed by atoms with E-state index in [2.05, 4.69) is 12.2 Å². The predicted octanol–water partition coefficient (Wildman–Crippen LogP) is 3.35. The average Bonchev–Trinajstić information content (AvgIpc) is 2.47. The van der Waals surface area contributed by atoms with Gasteiger partial charge in [0, 0.05) is 6.54 Å². The minimum absolute atomic E-state index is 0.152. The molecule has 0 unspecified atom stereocenters. The molecule has 1 aliphatic carbocycles. The number of carboxylic acid groups (broad SMARTS) is 1. The normalized spacial score (nSPS) is 25.3. The van der Waals surface area contributed by atoms with E-state index in [-0.39, 0.29) is 12.5 Å². The van der Waals surface area contributed by atoms with Gasteiger partial charge in [0.1, 0.15) is 0 Å². The summed E-state index contributed by atoms with van der Waals surface area (Å²) in [6.45, 7) is 2.28. The molecule has 0 aliphatic heterocycles. The van der Waals surface area contributed by atoms with Crippen LogP contribution in [0.1, 0.15) is 43.0 Å². The highest BCUT2D eigenvalue weighted by Gasteiger charge is 2.41. The van der Waals surface area contributed by atoms with Gasteiger partial charge in [-0.05, 0) is 43.7 Å². The van der Waals surface area contributed by atoms with E-state index in [0.29, 0.717) is 29.3 Å². The van der Waals surface area contributed by atoms with Crippen LogP contribution in [0.15, 0.2) is 24.3 Å². The molecule has 1 aliphatic rings. The van der Waals surface area contributed by atoms with E-state index in [1.54, 1.807) is 24.3 Å². The summed E-state index contributed by atoms with van der Waals surface area (Å²) < 4.78 is 0. The third-order valence-electron chi connectivity index (χ3n) is 4.39. The van der Waals surface area contributed by atoms with Crippen LogP contribution in [0.3, 0.4) is 0 Å². The van der Waals surface area contributed by atoms with E-state index >= 15 is 0 Å². The van der Waals surface area contributed by atoms with Gasteiger partial charge in [-0.3, -0.25) is 9.59 Å². The summed E-state index contributed by atoms with van der Waals surface area (Å²) in [5.41, 5.74) is -0.465. The van der Waals surface area contributed by atoms with Crippen LogP contribution < -0.4 is 5.32 Å². The molecule has 0 aromatic heterocycles. The number of nitrogens with one attached hydrogen (secondary N) is 1. The van der Waals surface area contributed by atoms with Gasteiger partial charge in [-0.2, -0.15) is 0 Å². The van der Waals surface area contributed by atoms with Crippen molar-refractivity contribution in [1.82, 2.24) is 5.32 Å². The topological polar surface area (TPSA) is 66.4 Å². The lowest BCUT2D eigenvalue weighted by Gasteiger charge is -2.35. The highest BCUT2D eigenvalue weighted by Crippen LogP contribution is 2.38. The molecular formula is C16H20ClNO3. The zero-order chi connectivity index (χ0) is 15.5. The lowest BCUT2D eigenvalue weighted by molar-refractivity contribution is -0.151. The number of benzene rings is 1. The number of aliphatic carboxylic acids is 1. The highest BCUT2D eigenvalue weighted by molar-refractivity contribution is 6.33. The maximum absolute atomic E-state index is 12.1. The van der Waals surface area contributed by atoms with Gasteiger partial charge < -0.3 is 10.4 Å². The minimum Gasteiger partial charge on any atom is -0.481 e. The van der Waals surface area contributed by atoms with Gasteiger partial charge in [0.2, 0.25) is 0 Å². The Morgan fingerprint density at radius 3 is 2.52 bits per heavy atom. The van der Waals surface area contributed by atoms with Crippen molar-refractivity contribution in [2.75, 3.05) is 6.54 Å². The van der Waals surface area contributed by atoms with Crippen LogP contribution in [0.5, 0.6) is 0 Å². The summed E-state index contributed by atoms with van der Waals surface area (Å²) in [6.07, 6.45) is 2.97. The Morgan fingerprint density at radius 2 is 1.95 bits per heavy atom. The molecule has 2 rings (SSSR count). The number of hydrogen-bond donors (Lipinski definition) is 2. The lowest BCUT2D eigenvalue weighted by atomic mass is 9.71. The van der Waals surface area contributed by atoms with Crippen molar-refractivity contribution < 1.29 is 14.7 Å². The molecule has 0 saturated heterocycles. The van der Waals surface area contributed by atoms with Gasteiger partial charge in [-0.15, -0.1) is 0 Å². The molecule has 1 aromatic rings. The van der Waals surface area contributed by atoms with E-state index in [0.717, 1.165) is 12.8 Å². The van der Waals surface area contributed by atoms with Crippen molar-refractivity contribution in [2.24, 2.45) is 11.3 Å². The Morgan fingerprint density at radius 1 is 1.33 bits per heavy atom. The summed E-state index contributed by atoms with van der Waals surface area (Å²) in [6, 6.07) is 6.76. The summed E-state index contributed by atoms with van der Waals surface area (Å²) in [5.74, 6) is -0.592. The third-order valence-corrected chi connectivity index (χ3v) is 4.72. The number of carbonyl (C=O) groups is 2. The number of halogens is 1. The van der Waals surface area contributed by atoms with E-state index in [4.69, 9.17) is 11.6 Å². The van der Waals surface area contributed by atoms with Crippen LogP contribution >= 0.6 is 11.6 Å². The Bertz CT molecular complexity index is 536. The molecule has 2 N–H and O–H groups in total. The molecular weight excluding hydrogens is 290 g/mol. The summed E-state index contributed by atoms with van der Waals surface area (Å²) in [7, 11) is 0. The molecule has 114 valence electrons. The van der Waals surface area contributed by atoms with Gasteiger partial charge in [-0.1, -0.05) is 30.7 Å². The Balaban J connectivity index is 2.04. The molecule has 21 heavy (non-hydrogen) atoms. The number of carbonyl (C=O) groups excluding carboxylic acids is 1. The summed E-state index contributed by atoms with van der Waals surface area (Å²) >= 11 is 5.98. The van der Waals surface area contributed by atoms with Crippen molar-refractivity contribution in [1.29, 1.82) is 0 Å². The number of rotatable bonds is 4. The molecule has 0 atom stereocenters. The van der Waals surface area contributed by atoms with Crippen LogP contribution in [-0.2, 0) is 4.79 Å². The number of carboxylic acids is 1. The second-order valence-electron chi connectivity index (χ2n) is 5.93. The van der Waals surface area contributed by atoms with Crippen LogP contribution in [0.25, 0.3) is 0 Å². The molecule has 0 heterocycles. The van der Waals surface area contributed by atoms with Crippen LogP contribution in [0, 0.1) is 11.3 Å². The summed E-state index contributed by atoms with van der Waals surface area (Å²) in [5, 5.41) is 12.6. The molecule has 1 amide bonds. The van der Waals surface area contributed by atoms with Gasteiger partial charge in [0.25, 0.3) is 5.91 Å². The van der Waals surface area contributed by atoms with E-state index in [1.807, 2.05) is 0 Å². The molecule has 5 heteroatoms. The molecule has 0 bridgehead atoms. The Kier molecular flexibility index (Phi) is 4.88. The van der Waals surface area contributed by atoms with Gasteiger partial charge in [0.15, 0.2) is 0 Å². The van der Waals surface area contributed by atoms with Gasteiger partial charge in [0.05, 0.1) is 16.0 Å². The molecule has 4 nitrogen and oxygen atoms in total. The zero-order valence-electron chi connectivity index (χ0n) is 12.1. The smallest absolute Gasteiger partial charge is 0.311 e. The largest absolute Gasteiger partial charge is 0.481 e. The summed E-state index contributed by atoms with van der Waals surface area (Å²) in [4.78, 5) is 23.8. The van der Waals surface area contributed by atoms with Crippen LogP contribution in [0.4, 0.5) is 0 Å². The maximum Gasteiger partial charge on any atom is 0.311 e. The predicted molar refractivity (Wildman–Crippen MR) is 81.5 cm³/mol. The van der Waals surface area contributed by atoms with Crippen LogP contribution in [-0.4, -0.2) is 23.5 Å². The SMILES string of the molecule is CC1CCC(CNC(=O)c2ccccc2Cl)(C(=O)O)CC1. The highest BCUT2D eigenvalue weighted by atomic mass is 35.5. The average molecular weight is 310 g/mol. The minimum atomic E-state index is -0.844. The standard InChI is InChI=1S/C16H20ClNO3/c1-11-6-8-16(9-7-11,15(20)21)10-18-14(19)12-4-2-3-5-13(12)17/h2-5,11H,6-10H2,1H3,(H,18,19)(H,20,21). The first-order valence-electron chi connectivity index (χ1n) is 7.21. The fourth-order valence-electron chi connectivity index (χ4n) is 2.77.